The van der Waals surface area contributed by atoms with Crippen molar-refractivity contribution in [1.82, 2.24) is 5.32 Å². The molecular weight excluding hydrogens is 363 g/mol. The molecule has 1 aliphatic rings. The lowest BCUT2D eigenvalue weighted by atomic mass is 9.84. The molecule has 0 aromatic heterocycles. The van der Waals surface area contributed by atoms with Gasteiger partial charge in [-0.15, -0.1) is 0 Å². The molecule has 0 radical (unpaired) electrons. The predicted octanol–water partition coefficient (Wildman–Crippen LogP) is 2.90. The number of hydrogen-bond acceptors (Lipinski definition) is 4. The standard InChI is InChI=1S/C17H18BrFN2O2/c18-14-3-1-2-13(10-14)17(11-23-16(20)21-17)12-4-6-15(7-5-12)22-9-8-19/h1-7,10,16,21H,8-9,11,20H2. The molecular formula is C17H18BrFN2O2. The van der Waals surface area contributed by atoms with Crippen molar-refractivity contribution in [3.8, 4) is 5.75 Å². The van der Waals surface area contributed by atoms with Crippen LogP contribution in [-0.2, 0) is 10.3 Å². The lowest BCUT2D eigenvalue weighted by Crippen LogP contribution is -2.46. The molecule has 0 bridgehead atoms. The fraction of sp³-hybridized carbons (Fsp3) is 0.294. The number of nitrogens with one attached hydrogen (secondary N) is 1. The number of ether oxygens (including phenoxy) is 2. The van der Waals surface area contributed by atoms with Crippen LogP contribution < -0.4 is 15.8 Å². The minimum absolute atomic E-state index is 0.0579. The monoisotopic (exact) mass is 380 g/mol. The lowest BCUT2D eigenvalue weighted by molar-refractivity contribution is 0.104. The topological polar surface area (TPSA) is 56.5 Å². The summed E-state index contributed by atoms with van der Waals surface area (Å²) in [5, 5.41) is 3.32. The molecule has 0 aliphatic carbocycles. The molecule has 3 N–H and O–H groups in total. The molecule has 1 fully saturated rings. The number of hydrogen-bond donors (Lipinski definition) is 2. The first-order valence-corrected chi connectivity index (χ1v) is 8.13. The van der Waals surface area contributed by atoms with E-state index in [0.717, 1.165) is 15.6 Å². The molecule has 0 amide bonds. The van der Waals surface area contributed by atoms with Crippen LogP contribution in [0.25, 0.3) is 0 Å². The number of benzene rings is 2. The van der Waals surface area contributed by atoms with Gasteiger partial charge in [0.05, 0.1) is 12.1 Å². The first-order chi connectivity index (χ1) is 11.1. The number of halogens is 2. The van der Waals surface area contributed by atoms with Gasteiger partial charge in [-0.1, -0.05) is 40.2 Å². The molecule has 1 heterocycles. The van der Waals surface area contributed by atoms with Gasteiger partial charge in [-0.3, -0.25) is 11.1 Å². The number of alkyl halides is 1. The second kappa shape index (κ2) is 6.97. The Morgan fingerprint density at radius 3 is 2.65 bits per heavy atom. The molecule has 2 aromatic carbocycles. The van der Waals surface area contributed by atoms with Gasteiger partial charge in [-0.05, 0) is 35.4 Å². The predicted molar refractivity (Wildman–Crippen MR) is 89.9 cm³/mol. The minimum atomic E-state index is -0.531. The molecule has 122 valence electrons. The van der Waals surface area contributed by atoms with E-state index in [2.05, 4.69) is 21.2 Å². The smallest absolute Gasteiger partial charge is 0.162 e. The molecule has 1 aliphatic heterocycles. The molecule has 6 heteroatoms. The highest BCUT2D eigenvalue weighted by molar-refractivity contribution is 9.10. The van der Waals surface area contributed by atoms with Gasteiger partial charge in [0.2, 0.25) is 0 Å². The molecule has 2 aromatic rings. The van der Waals surface area contributed by atoms with E-state index in [1.165, 1.54) is 0 Å². The summed E-state index contributed by atoms with van der Waals surface area (Å²) in [6, 6.07) is 15.6. The highest BCUT2D eigenvalue weighted by Crippen LogP contribution is 2.35. The first kappa shape index (κ1) is 16.4. The summed E-state index contributed by atoms with van der Waals surface area (Å²) >= 11 is 3.51. The van der Waals surface area contributed by atoms with Crippen LogP contribution in [0.15, 0.2) is 53.0 Å². The van der Waals surface area contributed by atoms with E-state index in [0.29, 0.717) is 12.4 Å². The largest absolute Gasteiger partial charge is 0.491 e. The van der Waals surface area contributed by atoms with Crippen LogP contribution >= 0.6 is 15.9 Å². The summed E-state index contributed by atoms with van der Waals surface area (Å²) in [7, 11) is 0. The van der Waals surface area contributed by atoms with Gasteiger partial charge in [0, 0.05) is 4.47 Å². The van der Waals surface area contributed by atoms with Crippen molar-refractivity contribution >= 4 is 15.9 Å². The van der Waals surface area contributed by atoms with E-state index in [1.807, 2.05) is 48.5 Å². The first-order valence-electron chi connectivity index (χ1n) is 7.34. The van der Waals surface area contributed by atoms with Crippen molar-refractivity contribution in [2.45, 2.75) is 11.9 Å². The SMILES string of the molecule is NC1NC(c2ccc(OCCF)cc2)(c2cccc(Br)c2)CO1. The fourth-order valence-corrected chi connectivity index (χ4v) is 3.19. The molecule has 2 atom stereocenters. The van der Waals surface area contributed by atoms with E-state index in [1.54, 1.807) is 0 Å². The minimum Gasteiger partial charge on any atom is -0.491 e. The third kappa shape index (κ3) is 3.40. The third-order valence-electron chi connectivity index (χ3n) is 3.88. The lowest BCUT2D eigenvalue weighted by Gasteiger charge is -2.30. The Balaban J connectivity index is 1.96. The van der Waals surface area contributed by atoms with Gasteiger partial charge in [0.1, 0.15) is 19.0 Å². The molecule has 2 unspecified atom stereocenters. The van der Waals surface area contributed by atoms with Gasteiger partial charge in [0.15, 0.2) is 6.35 Å². The molecule has 0 spiro atoms. The van der Waals surface area contributed by atoms with Crippen LogP contribution in [0.4, 0.5) is 4.39 Å². The van der Waals surface area contributed by atoms with Crippen LogP contribution in [0.3, 0.4) is 0 Å². The Morgan fingerprint density at radius 2 is 2.04 bits per heavy atom. The van der Waals surface area contributed by atoms with Crippen molar-refractivity contribution in [3.05, 3.63) is 64.1 Å². The average Bonchev–Trinajstić information content (AvgIpc) is 2.97. The van der Waals surface area contributed by atoms with Gasteiger partial charge < -0.3 is 9.47 Å². The van der Waals surface area contributed by atoms with E-state index >= 15 is 0 Å². The highest BCUT2D eigenvalue weighted by Gasteiger charge is 2.41. The van der Waals surface area contributed by atoms with Crippen LogP contribution in [0.2, 0.25) is 0 Å². The summed E-state index contributed by atoms with van der Waals surface area (Å²) in [6.07, 6.45) is -0.531. The van der Waals surface area contributed by atoms with Crippen LogP contribution in [0.1, 0.15) is 11.1 Å². The van der Waals surface area contributed by atoms with E-state index in [4.69, 9.17) is 15.2 Å². The van der Waals surface area contributed by atoms with Crippen molar-refractivity contribution in [1.29, 1.82) is 0 Å². The second-order valence-electron chi connectivity index (χ2n) is 5.35. The van der Waals surface area contributed by atoms with Gasteiger partial charge in [-0.25, -0.2) is 4.39 Å². The van der Waals surface area contributed by atoms with Crippen LogP contribution in [-0.4, -0.2) is 26.2 Å². The maximum atomic E-state index is 12.2. The molecule has 3 rings (SSSR count). The summed E-state index contributed by atoms with van der Waals surface area (Å²) in [5.41, 5.74) is 7.44. The summed E-state index contributed by atoms with van der Waals surface area (Å²) in [4.78, 5) is 0. The zero-order chi connectivity index (χ0) is 16.3. The normalized spacial score (nSPS) is 23.9. The van der Waals surface area contributed by atoms with E-state index < -0.39 is 18.6 Å². The zero-order valence-electron chi connectivity index (χ0n) is 12.5. The maximum absolute atomic E-state index is 12.2. The zero-order valence-corrected chi connectivity index (χ0v) is 14.1. The van der Waals surface area contributed by atoms with Crippen molar-refractivity contribution in [2.24, 2.45) is 5.73 Å². The van der Waals surface area contributed by atoms with E-state index in [-0.39, 0.29) is 6.61 Å². The van der Waals surface area contributed by atoms with Gasteiger partial charge in [-0.2, -0.15) is 0 Å². The third-order valence-corrected chi connectivity index (χ3v) is 4.37. The van der Waals surface area contributed by atoms with Crippen molar-refractivity contribution in [3.63, 3.8) is 0 Å². The van der Waals surface area contributed by atoms with Gasteiger partial charge >= 0.3 is 0 Å². The molecule has 1 saturated heterocycles. The Kier molecular flexibility index (Phi) is 4.96. The molecule has 23 heavy (non-hydrogen) atoms. The number of nitrogens with two attached hydrogens (primary N) is 1. The molecule has 4 nitrogen and oxygen atoms in total. The van der Waals surface area contributed by atoms with Crippen molar-refractivity contribution in [2.75, 3.05) is 19.9 Å². The average molecular weight is 381 g/mol. The van der Waals surface area contributed by atoms with Crippen molar-refractivity contribution < 1.29 is 13.9 Å². The van der Waals surface area contributed by atoms with Crippen LogP contribution in [0, 0.1) is 0 Å². The summed E-state index contributed by atoms with van der Waals surface area (Å²) < 4.78 is 24.1. The van der Waals surface area contributed by atoms with E-state index in [9.17, 15) is 4.39 Å². The summed E-state index contributed by atoms with van der Waals surface area (Å²) in [6.45, 7) is -0.0222. The highest BCUT2D eigenvalue weighted by atomic mass is 79.9. The Labute approximate surface area is 142 Å². The Bertz CT molecular complexity index is 668. The summed E-state index contributed by atoms with van der Waals surface area (Å²) in [5.74, 6) is 0.638. The Morgan fingerprint density at radius 1 is 1.26 bits per heavy atom. The van der Waals surface area contributed by atoms with Crippen LogP contribution in [0.5, 0.6) is 5.75 Å². The van der Waals surface area contributed by atoms with Gasteiger partial charge in [0.25, 0.3) is 0 Å². The molecule has 0 saturated carbocycles. The maximum Gasteiger partial charge on any atom is 0.162 e. The second-order valence-corrected chi connectivity index (χ2v) is 6.27. The fourth-order valence-electron chi connectivity index (χ4n) is 2.79. The number of rotatable bonds is 5. The quantitative estimate of drug-likeness (QED) is 0.837. The Hall–Kier alpha value is -1.47.